The second-order valence-electron chi connectivity index (χ2n) is 31.4. The van der Waals surface area contributed by atoms with Gasteiger partial charge in [0, 0.05) is 90.2 Å². The fourth-order valence-electron chi connectivity index (χ4n) is 13.2. The molecular formula is C92H89F6N15O22. The second-order valence-corrected chi connectivity index (χ2v) is 31.4. The van der Waals surface area contributed by atoms with Crippen molar-refractivity contribution in [1.29, 1.82) is 0 Å². The zero-order valence-electron chi connectivity index (χ0n) is 73.2. The quantitative estimate of drug-likeness (QED) is 0.0118. The van der Waals surface area contributed by atoms with Crippen LogP contribution in [0.3, 0.4) is 0 Å². The lowest BCUT2D eigenvalue weighted by Gasteiger charge is -2.18. The maximum absolute atomic E-state index is 15.1. The van der Waals surface area contributed by atoms with Crippen molar-refractivity contribution in [3.63, 3.8) is 0 Å². The van der Waals surface area contributed by atoms with Gasteiger partial charge in [0.15, 0.2) is 63.5 Å². The third kappa shape index (κ3) is 23.8. The van der Waals surface area contributed by atoms with Gasteiger partial charge in [-0.05, 0) is 139 Å². The molecule has 6 amide bonds. The van der Waals surface area contributed by atoms with Crippen molar-refractivity contribution in [3.8, 4) is 69.8 Å². The van der Waals surface area contributed by atoms with Gasteiger partial charge in [-0.25, -0.2) is 56.2 Å². The number of aliphatic hydroxyl groups excluding tert-OH is 3. The number of benzene rings is 3. The SMILES string of the molecule is C=C.CC1(C)OCC(CO)O1.COc1nc2c(Oc3ncc(NC(=O)C4(C(=O)Nc5ccc(F)cc5)CC4)cc3F)ccnc2cc1O.COc1nc2c(Oc3ncc(NC(=O)C4(C(=O)Nc5ccc(F)cc5)CC4)cc3F)ccnc2cc1OCC(O)CO.COc1nc2c(Oc3ncc(NC(=O)C4(C(=O)Nc5ccc(F)cc5)CC4)cc3F)ccnc2cc1OCC1COC(C)(C)O1. The zero-order valence-corrected chi connectivity index (χ0v) is 73.2. The van der Waals surface area contributed by atoms with Crippen LogP contribution in [0.1, 0.15) is 66.2 Å². The number of hydrogen-bond acceptors (Lipinski definition) is 31. The van der Waals surface area contributed by atoms with Crippen molar-refractivity contribution in [2.24, 2.45) is 16.2 Å². The standard InChI is InChI=1S/C31H29F2N5O7.C28H25F2N5O7.C25H19F2N5O5.C6H12O3.C2H4/c1-30(2)43-16-20(45-30)15-42-24-13-22-25(38-27(24)41-3)23(8-11-34-22)44-26-21(33)12-19(14-35-26)37-29(40)31(9-10-31)28(39)36-18-6-4-17(32)5-7-18;1-40-25-22(41-14-18(37)13-36)11-20-23(35-25)21(6-9-31-20)42-24-19(30)10-17(12-32-24)34-27(39)28(7-8-28)26(38)33-16-4-2-15(29)3-5-16;1-36-22-18(33)11-17-20(32-22)19(6-9-28-17)37-21-16(27)10-15(12-29-21)31-24(35)25(7-8-25)23(34)30-14-4-2-13(26)3-5-14;1-6(2)8-4-5(3-7)9-6;1-2/h4-8,11-14,20H,9-10,15-16H2,1-3H3,(H,36,39)(H,37,40);2-6,9-12,18,36-37H,7-8,13-14H2,1H3,(H,33,38)(H,34,39);2-6,9-12,33H,7-8H2,1H3,(H,30,34)(H,31,35);5,7H,3-4H2,1-2H3;1-2H2. The third-order valence-corrected chi connectivity index (χ3v) is 20.8. The lowest BCUT2D eigenvalue weighted by atomic mass is 10.0. The van der Waals surface area contributed by atoms with Gasteiger partial charge in [0.1, 0.15) is 81.8 Å². The Labute approximate surface area is 764 Å². The smallest absolute Gasteiger partial charge is 0.257 e. The molecule has 3 aliphatic carbocycles. The summed E-state index contributed by atoms with van der Waals surface area (Å²) in [7, 11) is 4.12. The molecule has 43 heteroatoms. The van der Waals surface area contributed by atoms with E-state index in [1.165, 1.54) is 162 Å². The van der Waals surface area contributed by atoms with E-state index in [4.69, 9.17) is 67.1 Å². The fraction of sp³-hybridized carbons (Fsp3) is 0.293. The number of methoxy groups -OCH3 is 3. The largest absolute Gasteiger partial charge is 0.503 e. The van der Waals surface area contributed by atoms with Gasteiger partial charge in [-0.15, -0.1) is 13.2 Å². The van der Waals surface area contributed by atoms with E-state index in [9.17, 15) is 56.5 Å². The maximum Gasteiger partial charge on any atom is 0.257 e. The van der Waals surface area contributed by atoms with Crippen molar-refractivity contribution in [2.75, 3.05) is 92.9 Å². The number of carbonyl (C=O) groups is 6. The van der Waals surface area contributed by atoms with Gasteiger partial charge >= 0.3 is 0 Å². The number of carbonyl (C=O) groups excluding carboxylic acids is 6. The van der Waals surface area contributed by atoms with Crippen molar-refractivity contribution in [2.45, 2.75) is 96.1 Å². The normalized spacial score (nSPS) is 16.3. The van der Waals surface area contributed by atoms with E-state index >= 15 is 8.78 Å². The predicted octanol–water partition coefficient (Wildman–Crippen LogP) is 13.3. The highest BCUT2D eigenvalue weighted by Crippen LogP contribution is 2.51. The van der Waals surface area contributed by atoms with Crippen LogP contribution in [0, 0.1) is 51.1 Å². The molecule has 17 rings (SSSR count). The average Bonchev–Trinajstić information content (AvgIpc) is 1.69. The summed E-state index contributed by atoms with van der Waals surface area (Å²) in [6.07, 6.45) is 8.15. The van der Waals surface area contributed by atoms with Crippen molar-refractivity contribution >= 4 is 103 Å². The Morgan fingerprint density at radius 2 is 0.726 bits per heavy atom. The molecule has 37 nitrogen and oxygen atoms in total. The number of pyridine rings is 9. The predicted molar refractivity (Wildman–Crippen MR) is 471 cm³/mol. The number of aromatic nitrogens is 9. The Balaban J connectivity index is 0.000000162. The Morgan fingerprint density at radius 3 is 1.01 bits per heavy atom. The highest BCUT2D eigenvalue weighted by atomic mass is 19.1. The highest BCUT2D eigenvalue weighted by molar-refractivity contribution is 6.19. The van der Waals surface area contributed by atoms with Crippen LogP contribution in [0.2, 0.25) is 0 Å². The van der Waals surface area contributed by atoms with Crippen molar-refractivity contribution in [3.05, 3.63) is 213 Å². The van der Waals surface area contributed by atoms with E-state index in [1.807, 2.05) is 27.7 Å². The summed E-state index contributed by atoms with van der Waals surface area (Å²) in [5, 5.41) is 52.5. The molecule has 135 heavy (non-hydrogen) atoms. The molecular weight excluding hydrogens is 1780 g/mol. The van der Waals surface area contributed by atoms with Crippen molar-refractivity contribution in [1.82, 2.24) is 44.9 Å². The van der Waals surface area contributed by atoms with Gasteiger partial charge in [0.05, 0.1) is 100.0 Å². The van der Waals surface area contributed by atoms with Crippen LogP contribution in [0.25, 0.3) is 33.1 Å². The number of ether oxygens (including phenoxy) is 12. The Hall–Kier alpha value is -15.2. The summed E-state index contributed by atoms with van der Waals surface area (Å²) in [6.45, 7) is 13.7. The van der Waals surface area contributed by atoms with E-state index in [1.54, 1.807) is 6.07 Å². The monoisotopic (exact) mass is 1870 g/mol. The molecule has 5 fully saturated rings. The lowest BCUT2D eigenvalue weighted by Crippen LogP contribution is -2.35. The number of halogens is 6. The average molecular weight is 1870 g/mol. The van der Waals surface area contributed by atoms with Crippen LogP contribution < -0.4 is 69.8 Å². The molecule has 0 spiro atoms. The van der Waals surface area contributed by atoms with Crippen LogP contribution in [0.5, 0.6) is 69.8 Å². The number of hydrogen-bond donors (Lipinski definition) is 10. The summed E-state index contributed by atoms with van der Waals surface area (Å²) < 4.78 is 150. The van der Waals surface area contributed by atoms with Crippen LogP contribution >= 0.6 is 0 Å². The number of amides is 6. The van der Waals surface area contributed by atoms with E-state index in [0.29, 0.717) is 85.6 Å². The fourth-order valence-corrected chi connectivity index (χ4v) is 13.2. The van der Waals surface area contributed by atoms with Crippen molar-refractivity contribution < 1.29 is 132 Å². The zero-order chi connectivity index (χ0) is 96.7. The van der Waals surface area contributed by atoms with Crippen LogP contribution in [0.15, 0.2) is 178 Å². The van der Waals surface area contributed by atoms with Crippen LogP contribution in [-0.4, -0.2) is 192 Å². The number of anilines is 6. The number of rotatable bonds is 29. The Bertz CT molecular complexity index is 6370. The molecule has 0 bridgehead atoms. The lowest BCUT2D eigenvalue weighted by molar-refractivity contribution is -0.142. The molecule has 2 saturated heterocycles. The van der Waals surface area contributed by atoms with Gasteiger partial charge in [0.25, 0.3) is 35.3 Å². The number of aliphatic hydroxyl groups is 3. The van der Waals surface area contributed by atoms with E-state index in [2.05, 4.69) is 89.9 Å². The number of aromatic hydroxyl groups is 1. The third-order valence-electron chi connectivity index (χ3n) is 20.8. The number of nitrogens with one attached hydrogen (secondary N) is 6. The van der Waals surface area contributed by atoms with Gasteiger partial charge in [-0.3, -0.25) is 43.7 Å². The minimum absolute atomic E-state index is 0.0111. The molecule has 12 aromatic rings. The summed E-state index contributed by atoms with van der Waals surface area (Å²) in [5.74, 6) is -9.10. The maximum atomic E-state index is 15.1. The van der Waals surface area contributed by atoms with Gasteiger partial charge in [-0.1, -0.05) is 0 Å². The molecule has 9 aromatic heterocycles. The van der Waals surface area contributed by atoms with Gasteiger partial charge in [0.2, 0.25) is 35.4 Å². The molecule has 11 heterocycles. The van der Waals surface area contributed by atoms with Crippen LogP contribution in [-0.2, 0) is 47.7 Å². The summed E-state index contributed by atoms with van der Waals surface area (Å²) in [5.41, 5.74) is -1.19. The molecule has 3 aromatic carbocycles. The van der Waals surface area contributed by atoms with E-state index in [-0.39, 0.29) is 123 Å². The molecule has 2 aliphatic heterocycles. The molecule has 10 N–H and O–H groups in total. The minimum Gasteiger partial charge on any atom is -0.503 e. The summed E-state index contributed by atoms with van der Waals surface area (Å²) in [6, 6.07) is 27.4. The molecule has 3 saturated carbocycles. The Kier molecular flexibility index (Phi) is 30.4. The number of nitrogens with zero attached hydrogens (tertiary/aromatic N) is 9. The Morgan fingerprint density at radius 1 is 0.415 bits per heavy atom. The molecule has 706 valence electrons. The summed E-state index contributed by atoms with van der Waals surface area (Å²) >= 11 is 0. The first-order chi connectivity index (χ1) is 64.7. The number of fused-ring (bicyclic) bond motifs is 3. The first-order valence-electron chi connectivity index (χ1n) is 41.3. The first-order valence-corrected chi connectivity index (χ1v) is 41.3. The van der Waals surface area contributed by atoms with Gasteiger partial charge < -0.3 is 109 Å². The molecule has 0 radical (unpaired) electrons. The second kappa shape index (κ2) is 42.2. The van der Waals surface area contributed by atoms with Crippen LogP contribution in [0.4, 0.5) is 60.5 Å². The molecule has 5 aliphatic rings. The van der Waals surface area contributed by atoms with Gasteiger partial charge in [-0.2, -0.15) is 0 Å². The highest BCUT2D eigenvalue weighted by Gasteiger charge is 2.59. The van der Waals surface area contributed by atoms with E-state index in [0.717, 1.165) is 18.2 Å². The minimum atomic E-state index is -1.33. The summed E-state index contributed by atoms with van der Waals surface area (Å²) in [4.78, 5) is 115. The van der Waals surface area contributed by atoms with E-state index < -0.39 is 123 Å². The molecule has 3 unspecified atom stereocenters. The topological polar surface area (TPSA) is 482 Å². The molecule has 3 atom stereocenters. The first kappa shape index (κ1) is 97.4.